The topological polar surface area (TPSA) is 82.2 Å². The molecular formula is C15H20N4O2. The number of nitriles is 1. The van der Waals surface area contributed by atoms with Crippen molar-refractivity contribution in [2.75, 3.05) is 31.1 Å². The molecule has 1 aromatic carbocycles. The van der Waals surface area contributed by atoms with Crippen LogP contribution < -0.4 is 10.2 Å². The molecule has 0 amide bonds. The van der Waals surface area contributed by atoms with Gasteiger partial charge in [-0.3, -0.25) is 10.1 Å². The summed E-state index contributed by atoms with van der Waals surface area (Å²) in [5.41, 5.74) is 0.808. The second kappa shape index (κ2) is 7.04. The van der Waals surface area contributed by atoms with Crippen LogP contribution in [0.4, 0.5) is 11.4 Å². The summed E-state index contributed by atoms with van der Waals surface area (Å²) in [5.74, 6) is 0.563. The van der Waals surface area contributed by atoms with E-state index in [-0.39, 0.29) is 11.3 Å². The standard InChI is InChI=1S/C15H20N4O2/c1-2-18(11-12-4-3-7-17-10-12)14-6-5-13(9-16)15(8-14)19(20)21/h5-6,8,12,17H,2-4,7,10-11H2,1H3. The average molecular weight is 288 g/mol. The molecule has 0 aliphatic carbocycles. The van der Waals surface area contributed by atoms with Gasteiger partial charge in [0, 0.05) is 24.8 Å². The van der Waals surface area contributed by atoms with Gasteiger partial charge in [0.05, 0.1) is 4.92 Å². The van der Waals surface area contributed by atoms with Crippen LogP contribution in [0, 0.1) is 27.4 Å². The molecule has 0 aromatic heterocycles. The minimum Gasteiger partial charge on any atom is -0.371 e. The van der Waals surface area contributed by atoms with Crippen LogP contribution in [-0.4, -0.2) is 31.1 Å². The zero-order valence-electron chi connectivity index (χ0n) is 12.2. The third-order valence-corrected chi connectivity index (χ3v) is 3.92. The van der Waals surface area contributed by atoms with E-state index in [1.165, 1.54) is 25.0 Å². The van der Waals surface area contributed by atoms with Crippen LogP contribution in [0.5, 0.6) is 0 Å². The quantitative estimate of drug-likeness (QED) is 0.664. The molecule has 0 radical (unpaired) electrons. The Kier molecular flexibility index (Phi) is 5.12. The van der Waals surface area contributed by atoms with E-state index in [1.807, 2.05) is 13.0 Å². The van der Waals surface area contributed by atoms with Crippen LogP contribution in [0.15, 0.2) is 18.2 Å². The third kappa shape index (κ3) is 3.70. The summed E-state index contributed by atoms with van der Waals surface area (Å²) in [5, 5.41) is 23.4. The van der Waals surface area contributed by atoms with Crippen LogP contribution >= 0.6 is 0 Å². The maximum absolute atomic E-state index is 11.1. The van der Waals surface area contributed by atoms with E-state index in [2.05, 4.69) is 10.2 Å². The van der Waals surface area contributed by atoms with Gasteiger partial charge < -0.3 is 10.2 Å². The van der Waals surface area contributed by atoms with Gasteiger partial charge in [-0.2, -0.15) is 5.26 Å². The Balaban J connectivity index is 2.19. The second-order valence-corrected chi connectivity index (χ2v) is 5.32. The van der Waals surface area contributed by atoms with Crippen LogP contribution in [0.1, 0.15) is 25.3 Å². The van der Waals surface area contributed by atoms with E-state index in [0.717, 1.165) is 31.9 Å². The first-order valence-corrected chi connectivity index (χ1v) is 7.30. The molecule has 1 aromatic rings. The Labute approximate surface area is 124 Å². The van der Waals surface area contributed by atoms with Crippen molar-refractivity contribution in [2.45, 2.75) is 19.8 Å². The largest absolute Gasteiger partial charge is 0.371 e. The van der Waals surface area contributed by atoms with Gasteiger partial charge in [-0.25, -0.2) is 0 Å². The molecule has 0 bridgehead atoms. The van der Waals surface area contributed by atoms with Crippen LogP contribution in [-0.2, 0) is 0 Å². The van der Waals surface area contributed by atoms with Crippen molar-refractivity contribution in [1.29, 1.82) is 5.26 Å². The molecule has 21 heavy (non-hydrogen) atoms. The molecule has 1 N–H and O–H groups in total. The average Bonchev–Trinajstić information content (AvgIpc) is 2.53. The number of nitro benzene ring substituents is 1. The molecule has 0 spiro atoms. The van der Waals surface area contributed by atoms with Gasteiger partial charge >= 0.3 is 0 Å². The van der Waals surface area contributed by atoms with Crippen LogP contribution in [0.3, 0.4) is 0 Å². The second-order valence-electron chi connectivity index (χ2n) is 5.32. The number of anilines is 1. The Hall–Kier alpha value is -2.13. The van der Waals surface area contributed by atoms with E-state index >= 15 is 0 Å². The maximum atomic E-state index is 11.1. The zero-order chi connectivity index (χ0) is 15.2. The first-order chi connectivity index (χ1) is 10.2. The molecule has 1 unspecified atom stereocenters. The van der Waals surface area contributed by atoms with Gasteiger partial charge in [0.25, 0.3) is 5.69 Å². The highest BCUT2D eigenvalue weighted by atomic mass is 16.6. The maximum Gasteiger partial charge on any atom is 0.289 e. The number of piperidine rings is 1. The van der Waals surface area contributed by atoms with Gasteiger partial charge in [-0.1, -0.05) is 0 Å². The van der Waals surface area contributed by atoms with Crippen molar-refractivity contribution in [1.82, 2.24) is 5.32 Å². The predicted molar refractivity (Wildman–Crippen MR) is 81.3 cm³/mol. The summed E-state index contributed by atoms with van der Waals surface area (Å²) >= 11 is 0. The van der Waals surface area contributed by atoms with Gasteiger partial charge in [0.1, 0.15) is 11.6 Å². The highest BCUT2D eigenvalue weighted by Gasteiger charge is 2.20. The summed E-state index contributed by atoms with van der Waals surface area (Å²) in [6.07, 6.45) is 2.36. The number of nitro groups is 1. The van der Waals surface area contributed by atoms with Crippen molar-refractivity contribution in [3.63, 3.8) is 0 Å². The molecule has 1 atom stereocenters. The normalized spacial score (nSPS) is 18.0. The smallest absolute Gasteiger partial charge is 0.289 e. The Bertz CT molecular complexity index is 547. The molecule has 1 saturated heterocycles. The van der Waals surface area contributed by atoms with Crippen molar-refractivity contribution < 1.29 is 4.92 Å². The lowest BCUT2D eigenvalue weighted by molar-refractivity contribution is -0.385. The third-order valence-electron chi connectivity index (χ3n) is 3.92. The highest BCUT2D eigenvalue weighted by Crippen LogP contribution is 2.26. The molecule has 6 nitrogen and oxygen atoms in total. The molecule has 2 rings (SSSR count). The summed E-state index contributed by atoms with van der Waals surface area (Å²) in [7, 11) is 0. The van der Waals surface area contributed by atoms with E-state index < -0.39 is 4.92 Å². The fourth-order valence-electron chi connectivity index (χ4n) is 2.77. The molecule has 0 saturated carbocycles. The molecule has 6 heteroatoms. The van der Waals surface area contributed by atoms with Crippen molar-refractivity contribution in [3.8, 4) is 6.07 Å². The lowest BCUT2D eigenvalue weighted by atomic mass is 9.98. The summed E-state index contributed by atoms with van der Waals surface area (Å²) in [6, 6.07) is 6.72. The number of benzene rings is 1. The predicted octanol–water partition coefficient (Wildman–Crippen LogP) is 2.29. The highest BCUT2D eigenvalue weighted by molar-refractivity contribution is 5.60. The number of nitrogens with one attached hydrogen (secondary N) is 1. The molecule has 1 aliphatic rings. The number of nitrogens with zero attached hydrogens (tertiary/aromatic N) is 3. The first kappa shape index (κ1) is 15.3. The van der Waals surface area contributed by atoms with Crippen LogP contribution in [0.25, 0.3) is 0 Å². The molecular weight excluding hydrogens is 268 g/mol. The van der Waals surface area contributed by atoms with Gasteiger partial charge in [0.2, 0.25) is 0 Å². The summed E-state index contributed by atoms with van der Waals surface area (Å²) in [6.45, 7) is 5.78. The lowest BCUT2D eigenvalue weighted by Crippen LogP contribution is -2.38. The van der Waals surface area contributed by atoms with Gasteiger partial charge in [-0.05, 0) is 50.9 Å². The number of hydrogen-bond donors (Lipinski definition) is 1. The fourth-order valence-corrected chi connectivity index (χ4v) is 2.77. The molecule has 1 heterocycles. The van der Waals surface area contributed by atoms with Crippen molar-refractivity contribution >= 4 is 11.4 Å². The minimum absolute atomic E-state index is 0.110. The number of hydrogen-bond acceptors (Lipinski definition) is 5. The van der Waals surface area contributed by atoms with Crippen molar-refractivity contribution in [2.24, 2.45) is 5.92 Å². The summed E-state index contributed by atoms with van der Waals surface area (Å²) < 4.78 is 0. The first-order valence-electron chi connectivity index (χ1n) is 7.30. The minimum atomic E-state index is -0.488. The molecule has 1 aliphatic heterocycles. The zero-order valence-corrected chi connectivity index (χ0v) is 12.2. The van der Waals surface area contributed by atoms with Gasteiger partial charge in [-0.15, -0.1) is 0 Å². The monoisotopic (exact) mass is 288 g/mol. The van der Waals surface area contributed by atoms with Crippen molar-refractivity contribution in [3.05, 3.63) is 33.9 Å². The fraction of sp³-hybridized carbons (Fsp3) is 0.533. The Morgan fingerprint density at radius 2 is 2.38 bits per heavy atom. The lowest BCUT2D eigenvalue weighted by Gasteiger charge is -2.30. The van der Waals surface area contributed by atoms with E-state index in [0.29, 0.717) is 5.92 Å². The molecule has 1 fully saturated rings. The van der Waals surface area contributed by atoms with E-state index in [9.17, 15) is 10.1 Å². The Morgan fingerprint density at radius 1 is 1.57 bits per heavy atom. The Morgan fingerprint density at radius 3 is 2.95 bits per heavy atom. The molecule has 112 valence electrons. The van der Waals surface area contributed by atoms with Gasteiger partial charge in [0.15, 0.2) is 0 Å². The summed E-state index contributed by atoms with van der Waals surface area (Å²) in [4.78, 5) is 12.7. The number of rotatable bonds is 5. The van der Waals surface area contributed by atoms with Crippen LogP contribution in [0.2, 0.25) is 0 Å². The van der Waals surface area contributed by atoms with E-state index in [1.54, 1.807) is 6.07 Å². The van der Waals surface area contributed by atoms with E-state index in [4.69, 9.17) is 5.26 Å². The SMILES string of the molecule is CCN(CC1CCCNC1)c1ccc(C#N)c([N+](=O)[O-])c1.